The molecule has 1 aliphatic carbocycles. The highest BCUT2D eigenvalue weighted by molar-refractivity contribution is 7.59. The fourth-order valence-electron chi connectivity index (χ4n) is 6.93. The van der Waals surface area contributed by atoms with Gasteiger partial charge in [-0.1, -0.05) is 37.1 Å². The van der Waals surface area contributed by atoms with Crippen molar-refractivity contribution in [3.63, 3.8) is 0 Å². The van der Waals surface area contributed by atoms with Gasteiger partial charge in [-0.25, -0.2) is 14.0 Å². The number of amides is 3. The molecule has 1 aromatic rings. The SMILES string of the molecule is CC(C)(C)OC(=O)N[C@H]1CCCCC/C=C\[C@H]2C[C@@]2(P(C)(=O)O)CC(=O)[C@@H]2C[C@@H](OC(=O)N3Cc4cccc(F)c4C3)CN2C1=O. The molecule has 1 saturated carbocycles. The van der Waals surface area contributed by atoms with Crippen LogP contribution in [0.4, 0.5) is 14.0 Å². The second-order valence-electron chi connectivity index (χ2n) is 14.2. The summed E-state index contributed by atoms with van der Waals surface area (Å²) in [6.07, 6.45) is 5.14. The summed E-state index contributed by atoms with van der Waals surface area (Å²) in [5.41, 5.74) is 0.311. The zero-order chi connectivity index (χ0) is 33.4. The van der Waals surface area contributed by atoms with Crippen LogP contribution < -0.4 is 5.32 Å². The summed E-state index contributed by atoms with van der Waals surface area (Å²) >= 11 is 0. The summed E-state index contributed by atoms with van der Waals surface area (Å²) in [4.78, 5) is 67.6. The molecule has 0 bridgehead atoms. The Bertz CT molecular complexity index is 1450. The number of ketones is 1. The average molecular weight is 662 g/mol. The Kier molecular flexibility index (Phi) is 9.72. The summed E-state index contributed by atoms with van der Waals surface area (Å²) in [6.45, 7) is 6.55. The molecule has 0 radical (unpaired) electrons. The summed E-state index contributed by atoms with van der Waals surface area (Å²) in [5, 5.41) is 1.59. The van der Waals surface area contributed by atoms with Crippen molar-refractivity contribution in [2.45, 2.75) is 114 Å². The lowest BCUT2D eigenvalue weighted by Gasteiger charge is -2.30. The maximum absolute atomic E-state index is 14.3. The molecule has 13 heteroatoms. The number of allylic oxidation sites excluding steroid dienone is 2. The minimum Gasteiger partial charge on any atom is -0.444 e. The molecule has 2 fully saturated rings. The lowest BCUT2D eigenvalue weighted by atomic mass is 10.0. The number of benzene rings is 1. The van der Waals surface area contributed by atoms with Gasteiger partial charge in [-0.15, -0.1) is 0 Å². The van der Waals surface area contributed by atoms with Gasteiger partial charge in [0.25, 0.3) is 0 Å². The number of fused-ring (bicyclic) bond motifs is 3. The molecule has 1 unspecified atom stereocenters. The van der Waals surface area contributed by atoms with Gasteiger partial charge in [0.1, 0.15) is 23.6 Å². The van der Waals surface area contributed by atoms with E-state index in [0.29, 0.717) is 30.4 Å². The number of Topliss-reactive ketones (excluding diaryl/α,β-unsaturated/α-hetero) is 1. The van der Waals surface area contributed by atoms with Gasteiger partial charge >= 0.3 is 12.2 Å². The third-order valence-electron chi connectivity index (χ3n) is 9.50. The van der Waals surface area contributed by atoms with E-state index in [0.717, 1.165) is 19.3 Å². The van der Waals surface area contributed by atoms with E-state index < -0.39 is 60.2 Å². The molecular weight excluding hydrogens is 616 g/mol. The molecule has 252 valence electrons. The van der Waals surface area contributed by atoms with Crippen molar-refractivity contribution < 1.29 is 42.5 Å². The van der Waals surface area contributed by atoms with E-state index in [9.17, 15) is 33.0 Å². The third kappa shape index (κ3) is 7.49. The largest absolute Gasteiger partial charge is 0.444 e. The van der Waals surface area contributed by atoms with Gasteiger partial charge in [-0.3, -0.25) is 19.1 Å². The number of nitrogens with zero attached hydrogens (tertiary/aromatic N) is 2. The van der Waals surface area contributed by atoms with Crippen molar-refractivity contribution in [2.75, 3.05) is 13.2 Å². The standard InChI is InChI=1S/C33H45FN3O8P/c1-32(2,3)45-30(40)35-26-14-9-7-5-6-8-12-22-16-33(22,46(4,42)43)17-28(38)27-15-23(19-37(27)29(26)39)44-31(41)36-18-21-11-10-13-25(34)24(21)20-36/h8,10-13,22-23,26-27H,5-7,9,14-20H2,1-4H3,(H,35,40)(H,42,43)/b12-8-/t22-,23+,26-,27-,33+/m0/s1. The highest BCUT2D eigenvalue weighted by Crippen LogP contribution is 2.71. The first kappa shape index (κ1) is 34.1. The first-order chi connectivity index (χ1) is 21.6. The summed E-state index contributed by atoms with van der Waals surface area (Å²) in [6, 6.07) is 2.65. The van der Waals surface area contributed by atoms with Gasteiger partial charge in [0.15, 0.2) is 5.78 Å². The smallest absolute Gasteiger partial charge is 0.410 e. The monoisotopic (exact) mass is 661 g/mol. The zero-order valence-corrected chi connectivity index (χ0v) is 27.9. The minimum absolute atomic E-state index is 0.000646. The lowest BCUT2D eigenvalue weighted by molar-refractivity contribution is -0.139. The number of hydrogen-bond acceptors (Lipinski definition) is 7. The molecular formula is C33H45FN3O8P. The van der Waals surface area contributed by atoms with E-state index in [1.807, 2.05) is 12.2 Å². The number of alkyl carbamates (subject to hydrolysis) is 1. The Hall–Kier alpha value is -3.24. The Morgan fingerprint density at radius 3 is 2.61 bits per heavy atom. The highest BCUT2D eigenvalue weighted by atomic mass is 31.2. The van der Waals surface area contributed by atoms with Gasteiger partial charge in [0.05, 0.1) is 24.3 Å². The van der Waals surface area contributed by atoms with E-state index in [4.69, 9.17) is 9.47 Å². The first-order valence-electron chi connectivity index (χ1n) is 16.1. The predicted molar refractivity (Wildman–Crippen MR) is 168 cm³/mol. The van der Waals surface area contributed by atoms with E-state index >= 15 is 0 Å². The van der Waals surface area contributed by atoms with E-state index in [2.05, 4.69) is 5.32 Å². The van der Waals surface area contributed by atoms with Crippen molar-refractivity contribution in [1.82, 2.24) is 15.1 Å². The second kappa shape index (κ2) is 13.1. The van der Waals surface area contributed by atoms with Crippen molar-refractivity contribution in [3.05, 3.63) is 47.3 Å². The normalized spacial score (nSPS) is 30.6. The van der Waals surface area contributed by atoms with Gasteiger partial charge in [-0.05, 0) is 64.0 Å². The molecule has 4 aliphatic rings. The lowest BCUT2D eigenvalue weighted by Crippen LogP contribution is -2.52. The fraction of sp³-hybridized carbons (Fsp3) is 0.636. The van der Waals surface area contributed by atoms with E-state index in [1.54, 1.807) is 32.9 Å². The maximum Gasteiger partial charge on any atom is 0.410 e. The number of nitrogens with one attached hydrogen (secondary N) is 1. The van der Waals surface area contributed by atoms with E-state index in [-0.39, 0.29) is 44.2 Å². The van der Waals surface area contributed by atoms with Crippen LogP contribution in [0.3, 0.4) is 0 Å². The number of carbonyl (C=O) groups excluding carboxylic acids is 4. The van der Waals surface area contributed by atoms with E-state index in [1.165, 1.54) is 22.5 Å². The Labute approximate surface area is 269 Å². The summed E-state index contributed by atoms with van der Waals surface area (Å²) < 4.78 is 38.7. The van der Waals surface area contributed by atoms with Crippen LogP contribution in [0.15, 0.2) is 30.4 Å². The molecule has 11 nitrogen and oxygen atoms in total. The third-order valence-corrected chi connectivity index (χ3v) is 11.8. The zero-order valence-electron chi connectivity index (χ0n) is 27.0. The van der Waals surface area contributed by atoms with Crippen molar-refractivity contribution in [3.8, 4) is 0 Å². The maximum atomic E-state index is 14.3. The Balaban J connectivity index is 1.39. The number of hydrogen-bond donors (Lipinski definition) is 2. The Morgan fingerprint density at radius 2 is 1.91 bits per heavy atom. The van der Waals surface area contributed by atoms with Crippen LogP contribution >= 0.6 is 7.37 Å². The molecule has 3 amide bonds. The first-order valence-corrected chi connectivity index (χ1v) is 18.2. The molecule has 0 aromatic heterocycles. The summed E-state index contributed by atoms with van der Waals surface area (Å²) in [7, 11) is -3.71. The number of rotatable bonds is 3. The van der Waals surface area contributed by atoms with Crippen LogP contribution in [0.5, 0.6) is 0 Å². The molecule has 2 N–H and O–H groups in total. The Morgan fingerprint density at radius 1 is 1.15 bits per heavy atom. The van der Waals surface area contributed by atoms with Crippen LogP contribution in [0, 0.1) is 11.7 Å². The number of carbonyl (C=O) groups is 4. The predicted octanol–water partition coefficient (Wildman–Crippen LogP) is 5.28. The number of ether oxygens (including phenoxy) is 2. The average Bonchev–Trinajstić information content (AvgIpc) is 3.27. The van der Waals surface area contributed by atoms with Gasteiger partial charge in [0, 0.05) is 31.6 Å². The van der Waals surface area contributed by atoms with Crippen molar-refractivity contribution in [1.29, 1.82) is 0 Å². The molecule has 5 rings (SSSR count). The van der Waals surface area contributed by atoms with Gasteiger partial charge < -0.3 is 24.6 Å². The van der Waals surface area contributed by atoms with Gasteiger partial charge in [-0.2, -0.15) is 0 Å². The van der Waals surface area contributed by atoms with Crippen LogP contribution in [-0.2, 0) is 36.7 Å². The molecule has 3 heterocycles. The molecule has 0 spiro atoms. The second-order valence-corrected chi connectivity index (χ2v) is 16.8. The highest BCUT2D eigenvalue weighted by Gasteiger charge is 2.63. The molecule has 1 aromatic carbocycles. The van der Waals surface area contributed by atoms with Crippen LogP contribution in [0.25, 0.3) is 0 Å². The molecule has 6 atom stereocenters. The molecule has 3 aliphatic heterocycles. The quantitative estimate of drug-likeness (QED) is 0.329. The van der Waals surface area contributed by atoms with Crippen LogP contribution in [-0.4, -0.2) is 80.7 Å². The molecule has 46 heavy (non-hydrogen) atoms. The van der Waals surface area contributed by atoms with Crippen molar-refractivity contribution in [2.24, 2.45) is 5.92 Å². The van der Waals surface area contributed by atoms with Crippen LogP contribution in [0.1, 0.15) is 83.3 Å². The van der Waals surface area contributed by atoms with Crippen LogP contribution in [0.2, 0.25) is 0 Å². The topological polar surface area (TPSA) is 143 Å². The number of halogens is 1. The van der Waals surface area contributed by atoms with Crippen molar-refractivity contribution >= 4 is 31.2 Å². The molecule has 1 saturated heterocycles. The van der Waals surface area contributed by atoms with Gasteiger partial charge in [0.2, 0.25) is 13.3 Å². The minimum atomic E-state index is -3.71. The summed E-state index contributed by atoms with van der Waals surface area (Å²) in [5.74, 6) is -1.52. The fourth-order valence-corrected chi connectivity index (χ4v) is 8.62.